The third kappa shape index (κ3) is 7.13. The van der Waals surface area contributed by atoms with Crippen LogP contribution in [-0.4, -0.2) is 12.6 Å². The lowest BCUT2D eigenvalue weighted by Gasteiger charge is -2.32. The number of hydrogen-bond donors (Lipinski definition) is 1. The van der Waals surface area contributed by atoms with Crippen LogP contribution in [0.2, 0.25) is 0 Å². The van der Waals surface area contributed by atoms with Gasteiger partial charge in [-0.2, -0.15) is 0 Å². The molecule has 0 aromatic heterocycles. The molecule has 0 aliphatic rings. The molecule has 21 heavy (non-hydrogen) atoms. The molecule has 1 atom stereocenters. The fourth-order valence-corrected chi connectivity index (χ4v) is 2.85. The second-order valence-electron chi connectivity index (χ2n) is 7.83. The first-order valence-corrected chi connectivity index (χ1v) is 8.64. The molecule has 120 valence electrons. The molecule has 1 aromatic carbocycles. The van der Waals surface area contributed by atoms with E-state index < -0.39 is 0 Å². The zero-order valence-corrected chi connectivity index (χ0v) is 15.0. The van der Waals surface area contributed by atoms with Crippen molar-refractivity contribution in [3.05, 3.63) is 35.4 Å². The lowest BCUT2D eigenvalue weighted by Crippen LogP contribution is -2.41. The maximum absolute atomic E-state index is 3.73. The van der Waals surface area contributed by atoms with Crippen LogP contribution in [0.4, 0.5) is 0 Å². The Bertz CT molecular complexity index is 401. The van der Waals surface area contributed by atoms with E-state index in [1.807, 2.05) is 0 Å². The number of hydrogen-bond acceptors (Lipinski definition) is 1. The Kier molecular flexibility index (Phi) is 7.45. The minimum absolute atomic E-state index is 0.324. The third-order valence-electron chi connectivity index (χ3n) is 4.04. The van der Waals surface area contributed by atoms with Crippen molar-refractivity contribution < 1.29 is 0 Å². The lowest BCUT2D eigenvalue weighted by atomic mass is 9.83. The topological polar surface area (TPSA) is 12.0 Å². The summed E-state index contributed by atoms with van der Waals surface area (Å²) in [5.74, 6) is 0.730. The second-order valence-corrected chi connectivity index (χ2v) is 7.83. The summed E-state index contributed by atoms with van der Waals surface area (Å²) >= 11 is 0. The molecule has 1 N–H and O–H groups in total. The zero-order valence-electron chi connectivity index (χ0n) is 15.0. The van der Waals surface area contributed by atoms with Crippen LogP contribution >= 0.6 is 0 Å². The SMILES string of the molecule is CCCNC(CCc1cccc(CC(C)C)c1)C(C)(C)C. The van der Waals surface area contributed by atoms with Crippen LogP contribution in [0, 0.1) is 11.3 Å². The van der Waals surface area contributed by atoms with Gasteiger partial charge in [0, 0.05) is 6.04 Å². The average Bonchev–Trinajstić information content (AvgIpc) is 2.37. The lowest BCUT2D eigenvalue weighted by molar-refractivity contribution is 0.255. The zero-order chi connectivity index (χ0) is 15.9. The first kappa shape index (κ1) is 18.2. The second kappa shape index (κ2) is 8.58. The van der Waals surface area contributed by atoms with Crippen LogP contribution in [-0.2, 0) is 12.8 Å². The van der Waals surface area contributed by atoms with E-state index in [1.165, 1.54) is 36.8 Å². The number of benzene rings is 1. The van der Waals surface area contributed by atoms with E-state index in [0.717, 1.165) is 12.5 Å². The molecule has 0 bridgehead atoms. The first-order chi connectivity index (χ1) is 9.82. The van der Waals surface area contributed by atoms with E-state index in [0.29, 0.717) is 11.5 Å². The maximum Gasteiger partial charge on any atom is 0.0119 e. The van der Waals surface area contributed by atoms with Gasteiger partial charge in [0.15, 0.2) is 0 Å². The predicted octanol–water partition coefficient (Wildman–Crippen LogP) is 5.23. The highest BCUT2D eigenvalue weighted by Gasteiger charge is 2.23. The van der Waals surface area contributed by atoms with Gasteiger partial charge in [-0.3, -0.25) is 0 Å². The fraction of sp³-hybridized carbons (Fsp3) is 0.700. The highest BCUT2D eigenvalue weighted by Crippen LogP contribution is 2.23. The molecule has 0 aliphatic heterocycles. The molecule has 0 amide bonds. The maximum atomic E-state index is 3.73. The minimum atomic E-state index is 0.324. The first-order valence-electron chi connectivity index (χ1n) is 8.64. The Morgan fingerprint density at radius 1 is 1.10 bits per heavy atom. The van der Waals surface area contributed by atoms with Crippen molar-refractivity contribution in [1.82, 2.24) is 5.32 Å². The predicted molar refractivity (Wildman–Crippen MR) is 94.8 cm³/mol. The summed E-state index contributed by atoms with van der Waals surface area (Å²) < 4.78 is 0. The van der Waals surface area contributed by atoms with Gasteiger partial charge in [0.25, 0.3) is 0 Å². The fourth-order valence-electron chi connectivity index (χ4n) is 2.85. The molecule has 1 rings (SSSR count). The monoisotopic (exact) mass is 289 g/mol. The van der Waals surface area contributed by atoms with Gasteiger partial charge < -0.3 is 5.32 Å². The normalized spacial score (nSPS) is 13.7. The molecule has 0 saturated heterocycles. The van der Waals surface area contributed by atoms with Crippen LogP contribution in [0.3, 0.4) is 0 Å². The van der Waals surface area contributed by atoms with Crippen LogP contribution in [0.25, 0.3) is 0 Å². The summed E-state index contributed by atoms with van der Waals surface area (Å²) in [6.07, 6.45) is 4.78. The van der Waals surface area contributed by atoms with Crippen molar-refractivity contribution in [2.45, 2.75) is 73.3 Å². The molecule has 1 unspecified atom stereocenters. The van der Waals surface area contributed by atoms with Crippen LogP contribution in [0.5, 0.6) is 0 Å². The summed E-state index contributed by atoms with van der Waals surface area (Å²) in [5.41, 5.74) is 3.29. The molecular weight excluding hydrogens is 254 g/mol. The smallest absolute Gasteiger partial charge is 0.0119 e. The van der Waals surface area contributed by atoms with Crippen molar-refractivity contribution in [1.29, 1.82) is 0 Å². The standard InChI is InChI=1S/C20H35N/c1-7-13-21-19(20(4,5)6)12-11-17-9-8-10-18(15-17)14-16(2)3/h8-10,15-16,19,21H,7,11-14H2,1-6H3. The Morgan fingerprint density at radius 3 is 2.33 bits per heavy atom. The van der Waals surface area contributed by atoms with Crippen molar-refractivity contribution in [3.8, 4) is 0 Å². The molecule has 0 heterocycles. The highest BCUT2D eigenvalue weighted by atomic mass is 14.9. The van der Waals surface area contributed by atoms with E-state index in [4.69, 9.17) is 0 Å². The van der Waals surface area contributed by atoms with Crippen LogP contribution in [0.1, 0.15) is 65.5 Å². The molecule has 0 radical (unpaired) electrons. The average molecular weight is 290 g/mol. The molecule has 0 aliphatic carbocycles. The number of nitrogens with one attached hydrogen (secondary N) is 1. The van der Waals surface area contributed by atoms with Crippen molar-refractivity contribution >= 4 is 0 Å². The van der Waals surface area contributed by atoms with E-state index in [-0.39, 0.29) is 0 Å². The number of rotatable bonds is 8. The quantitative estimate of drug-likeness (QED) is 0.691. The van der Waals surface area contributed by atoms with Crippen LogP contribution in [0.15, 0.2) is 24.3 Å². The van der Waals surface area contributed by atoms with Crippen molar-refractivity contribution in [2.24, 2.45) is 11.3 Å². The summed E-state index contributed by atoms with van der Waals surface area (Å²) in [7, 11) is 0. The summed E-state index contributed by atoms with van der Waals surface area (Å²) in [4.78, 5) is 0. The Labute approximate surface area is 132 Å². The van der Waals surface area contributed by atoms with Gasteiger partial charge in [0.05, 0.1) is 0 Å². The molecule has 1 nitrogen and oxygen atoms in total. The van der Waals surface area contributed by atoms with Gasteiger partial charge >= 0.3 is 0 Å². The molecule has 0 spiro atoms. The number of aryl methyl sites for hydroxylation is 1. The summed E-state index contributed by atoms with van der Waals surface area (Å²) in [6.45, 7) is 15.0. The van der Waals surface area contributed by atoms with Gasteiger partial charge in [0.1, 0.15) is 0 Å². The Balaban J connectivity index is 2.62. The summed E-state index contributed by atoms with van der Waals surface area (Å²) in [5, 5.41) is 3.73. The van der Waals surface area contributed by atoms with Crippen molar-refractivity contribution in [2.75, 3.05) is 6.54 Å². The van der Waals surface area contributed by atoms with Crippen LogP contribution < -0.4 is 5.32 Å². The Hall–Kier alpha value is -0.820. The van der Waals surface area contributed by atoms with Gasteiger partial charge in [-0.25, -0.2) is 0 Å². The molecule has 0 saturated carbocycles. The van der Waals surface area contributed by atoms with Gasteiger partial charge in [0.2, 0.25) is 0 Å². The molecular formula is C20H35N. The largest absolute Gasteiger partial charge is 0.313 e. The molecule has 1 aromatic rings. The van der Waals surface area contributed by atoms with E-state index in [1.54, 1.807) is 0 Å². The highest BCUT2D eigenvalue weighted by molar-refractivity contribution is 5.24. The molecule has 0 fully saturated rings. The minimum Gasteiger partial charge on any atom is -0.313 e. The van der Waals surface area contributed by atoms with Gasteiger partial charge in [-0.1, -0.05) is 65.8 Å². The third-order valence-corrected chi connectivity index (χ3v) is 4.04. The van der Waals surface area contributed by atoms with E-state index >= 15 is 0 Å². The van der Waals surface area contributed by atoms with E-state index in [2.05, 4.69) is 71.1 Å². The van der Waals surface area contributed by atoms with Gasteiger partial charge in [-0.15, -0.1) is 0 Å². The summed E-state index contributed by atoms with van der Waals surface area (Å²) in [6, 6.07) is 9.76. The Morgan fingerprint density at radius 2 is 1.76 bits per heavy atom. The van der Waals surface area contributed by atoms with Gasteiger partial charge in [-0.05, 0) is 54.7 Å². The van der Waals surface area contributed by atoms with E-state index in [9.17, 15) is 0 Å². The van der Waals surface area contributed by atoms with Crippen molar-refractivity contribution in [3.63, 3.8) is 0 Å². The molecule has 1 heteroatoms.